The monoisotopic (exact) mass is 405 g/mol. The van der Waals surface area contributed by atoms with E-state index >= 15 is 0 Å². The lowest BCUT2D eigenvalue weighted by Crippen LogP contribution is -2.07. The molecule has 0 radical (unpaired) electrons. The van der Waals surface area contributed by atoms with Crippen LogP contribution in [-0.4, -0.2) is 25.5 Å². The van der Waals surface area contributed by atoms with E-state index in [2.05, 4.69) is 5.16 Å². The molecule has 1 aromatic rings. The number of unbranched alkanes of at least 4 members (excludes halogenated alkanes) is 1. The number of oxime groups is 1. The summed E-state index contributed by atoms with van der Waals surface area (Å²) in [7, 11) is 0. The Morgan fingerprint density at radius 2 is 1.88 bits per heavy atom. The quantitative estimate of drug-likeness (QED) is 0.258. The highest BCUT2D eigenvalue weighted by Gasteiger charge is 2.17. The number of rotatable bonds is 11. The van der Waals surface area contributed by atoms with Gasteiger partial charge in [-0.3, -0.25) is 0 Å². The fourth-order valence-electron chi connectivity index (χ4n) is 2.25. The summed E-state index contributed by atoms with van der Waals surface area (Å²) in [5.41, 5.74) is 2.20. The number of halogens is 3. The van der Waals surface area contributed by atoms with E-state index in [0.29, 0.717) is 30.9 Å². The minimum atomic E-state index is -0.414. The highest BCUT2D eigenvalue weighted by atomic mass is 35.5. The van der Waals surface area contributed by atoms with E-state index in [1.165, 1.54) is 6.08 Å². The van der Waals surface area contributed by atoms with Crippen LogP contribution in [0.1, 0.15) is 44.7 Å². The molecule has 0 saturated carbocycles. The van der Waals surface area contributed by atoms with E-state index in [1.54, 1.807) is 6.07 Å². The van der Waals surface area contributed by atoms with Gasteiger partial charge in [-0.1, -0.05) is 35.3 Å². The van der Waals surface area contributed by atoms with Gasteiger partial charge in [0, 0.05) is 5.56 Å². The van der Waals surface area contributed by atoms with Gasteiger partial charge in [0.05, 0.1) is 12.3 Å². The van der Waals surface area contributed by atoms with E-state index in [1.807, 2.05) is 27.7 Å². The molecule has 26 heavy (non-hydrogen) atoms. The molecule has 0 aliphatic rings. The number of benzene rings is 1. The average Bonchev–Trinajstić information content (AvgIpc) is 2.57. The van der Waals surface area contributed by atoms with Crippen LogP contribution in [0.2, 0.25) is 0 Å². The van der Waals surface area contributed by atoms with E-state index < -0.39 is 5.82 Å². The Balaban J connectivity index is 2.66. The zero-order valence-electron chi connectivity index (χ0n) is 15.7. The van der Waals surface area contributed by atoms with Crippen molar-refractivity contribution in [1.82, 2.24) is 0 Å². The van der Waals surface area contributed by atoms with Crippen molar-refractivity contribution in [2.75, 3.05) is 19.8 Å². The van der Waals surface area contributed by atoms with Gasteiger partial charge in [0.2, 0.25) is 0 Å². The topological polar surface area (TPSA) is 40.0 Å². The van der Waals surface area contributed by atoms with Crippen LogP contribution in [0.5, 0.6) is 11.5 Å². The summed E-state index contributed by atoms with van der Waals surface area (Å²) in [5, 5.41) is 3.87. The third kappa shape index (κ3) is 7.83. The Labute approximate surface area is 164 Å². The summed E-state index contributed by atoms with van der Waals surface area (Å²) >= 11 is 11.1. The second-order valence-corrected chi connectivity index (χ2v) is 6.91. The minimum Gasteiger partial charge on any atom is -0.493 e. The van der Waals surface area contributed by atoms with Gasteiger partial charge in [-0.15, -0.1) is 0 Å². The van der Waals surface area contributed by atoms with Crippen LogP contribution in [0, 0.1) is 12.7 Å². The Morgan fingerprint density at radius 3 is 2.50 bits per heavy atom. The van der Waals surface area contributed by atoms with Crippen LogP contribution >= 0.6 is 23.2 Å². The fraction of sp³-hybridized carbons (Fsp3) is 0.526. The largest absolute Gasteiger partial charge is 0.493 e. The van der Waals surface area contributed by atoms with Gasteiger partial charge in [0.1, 0.15) is 23.5 Å². The molecule has 1 aromatic carbocycles. The highest BCUT2D eigenvalue weighted by molar-refractivity contribution is 6.55. The van der Waals surface area contributed by atoms with Crippen molar-refractivity contribution in [3.05, 3.63) is 33.6 Å². The Kier molecular flexibility index (Phi) is 10.4. The first-order chi connectivity index (χ1) is 12.4. The molecule has 1 rings (SSSR count). The molecular formula is C19H26Cl2FNO3. The van der Waals surface area contributed by atoms with Crippen LogP contribution in [-0.2, 0) is 11.3 Å². The average molecular weight is 406 g/mol. The van der Waals surface area contributed by atoms with Gasteiger partial charge in [-0.25, -0.2) is 4.39 Å². The minimum absolute atomic E-state index is 0.0848. The second kappa shape index (κ2) is 12.0. The Bertz CT molecular complexity index is 640. The van der Waals surface area contributed by atoms with E-state index in [4.69, 9.17) is 37.5 Å². The SMILES string of the molecule is CCc1c(F)c(OCC=C(Cl)Cl)cc(C)c1OCCCCON=C(C)C. The van der Waals surface area contributed by atoms with Crippen LogP contribution in [0.4, 0.5) is 4.39 Å². The van der Waals surface area contributed by atoms with Crippen LogP contribution in [0.25, 0.3) is 0 Å². The maximum Gasteiger partial charge on any atom is 0.171 e. The maximum absolute atomic E-state index is 14.7. The Hall–Kier alpha value is -1.46. The first kappa shape index (κ1) is 22.6. The Morgan fingerprint density at radius 1 is 1.19 bits per heavy atom. The van der Waals surface area contributed by atoms with Crippen molar-refractivity contribution in [3.63, 3.8) is 0 Å². The molecule has 146 valence electrons. The molecule has 0 fully saturated rings. The van der Waals surface area contributed by atoms with Gasteiger partial charge >= 0.3 is 0 Å². The van der Waals surface area contributed by atoms with Crippen molar-refractivity contribution in [3.8, 4) is 11.5 Å². The van der Waals surface area contributed by atoms with Crippen molar-refractivity contribution >= 4 is 28.9 Å². The molecule has 0 saturated heterocycles. The predicted octanol–water partition coefficient (Wildman–Crippen LogP) is 5.97. The lowest BCUT2D eigenvalue weighted by Gasteiger charge is -2.17. The van der Waals surface area contributed by atoms with Crippen LogP contribution in [0.15, 0.2) is 21.8 Å². The third-order valence-electron chi connectivity index (χ3n) is 3.41. The number of nitrogens with zero attached hydrogens (tertiary/aromatic N) is 1. The third-order valence-corrected chi connectivity index (χ3v) is 3.72. The molecule has 0 atom stereocenters. The zero-order chi connectivity index (χ0) is 19.5. The lowest BCUT2D eigenvalue weighted by molar-refractivity contribution is 0.135. The zero-order valence-corrected chi connectivity index (χ0v) is 17.2. The molecule has 0 aromatic heterocycles. The van der Waals surface area contributed by atoms with Crippen LogP contribution < -0.4 is 9.47 Å². The molecule has 0 unspecified atom stereocenters. The molecule has 7 heteroatoms. The van der Waals surface area contributed by atoms with Gasteiger partial charge in [0.15, 0.2) is 11.6 Å². The molecular weight excluding hydrogens is 380 g/mol. The maximum atomic E-state index is 14.7. The summed E-state index contributed by atoms with van der Waals surface area (Å²) in [6.45, 7) is 8.61. The highest BCUT2D eigenvalue weighted by Crippen LogP contribution is 2.33. The first-order valence-corrected chi connectivity index (χ1v) is 9.34. The molecule has 0 aliphatic heterocycles. The fourth-order valence-corrected chi connectivity index (χ4v) is 2.37. The van der Waals surface area contributed by atoms with E-state index in [-0.39, 0.29) is 16.8 Å². The molecule has 4 nitrogen and oxygen atoms in total. The lowest BCUT2D eigenvalue weighted by atomic mass is 10.1. The van der Waals surface area contributed by atoms with E-state index in [9.17, 15) is 4.39 Å². The summed E-state index contributed by atoms with van der Waals surface area (Å²) < 4.78 is 26.0. The van der Waals surface area contributed by atoms with E-state index in [0.717, 1.165) is 24.1 Å². The summed E-state index contributed by atoms with van der Waals surface area (Å²) in [6, 6.07) is 1.63. The van der Waals surface area contributed by atoms with Crippen LogP contribution in [0.3, 0.4) is 0 Å². The molecule has 0 N–H and O–H groups in total. The van der Waals surface area contributed by atoms with Crippen molar-refractivity contribution in [1.29, 1.82) is 0 Å². The number of hydrogen-bond acceptors (Lipinski definition) is 4. The molecule has 0 bridgehead atoms. The summed E-state index contributed by atoms with van der Waals surface area (Å²) in [4.78, 5) is 5.14. The smallest absolute Gasteiger partial charge is 0.171 e. The summed E-state index contributed by atoms with van der Waals surface area (Å²) in [6.07, 6.45) is 3.56. The van der Waals surface area contributed by atoms with Crippen molar-refractivity contribution in [2.24, 2.45) is 5.16 Å². The normalized spacial score (nSPS) is 10.3. The van der Waals surface area contributed by atoms with Crippen molar-refractivity contribution < 1.29 is 18.7 Å². The summed E-state index contributed by atoms with van der Waals surface area (Å²) in [5.74, 6) is 0.327. The van der Waals surface area contributed by atoms with Gasteiger partial charge < -0.3 is 14.3 Å². The van der Waals surface area contributed by atoms with Crippen molar-refractivity contribution in [2.45, 2.75) is 47.0 Å². The van der Waals surface area contributed by atoms with Gasteiger partial charge in [-0.05, 0) is 57.7 Å². The van der Waals surface area contributed by atoms with Gasteiger partial charge in [0.25, 0.3) is 0 Å². The van der Waals surface area contributed by atoms with Gasteiger partial charge in [-0.2, -0.15) is 0 Å². The molecule has 0 spiro atoms. The first-order valence-electron chi connectivity index (χ1n) is 8.58. The number of hydrogen-bond donors (Lipinski definition) is 0. The number of ether oxygens (including phenoxy) is 2. The standard InChI is InChI=1S/C19H26Cl2FNO3/c1-5-15-18(22)16(24-11-8-17(20)21)12-14(4)19(15)25-9-6-7-10-26-23-13(2)3/h8,12H,5-7,9-11H2,1-4H3. The molecule has 0 heterocycles. The number of aryl methyl sites for hydroxylation is 1. The molecule has 0 aliphatic carbocycles. The molecule has 0 amide bonds. The second-order valence-electron chi connectivity index (χ2n) is 5.90. The predicted molar refractivity (Wildman–Crippen MR) is 105 cm³/mol.